The summed E-state index contributed by atoms with van der Waals surface area (Å²) >= 11 is 1.96. The lowest BCUT2D eigenvalue weighted by atomic mass is 10.2. The van der Waals surface area contributed by atoms with Crippen LogP contribution in [0.15, 0.2) is 29.4 Å². The molecule has 0 radical (unpaired) electrons. The lowest BCUT2D eigenvalue weighted by Gasteiger charge is -2.21. The molecule has 21 heavy (non-hydrogen) atoms. The monoisotopic (exact) mass is 307 g/mol. The molecule has 1 aromatic carbocycles. The third-order valence-corrected chi connectivity index (χ3v) is 4.41. The molecular formula is C15H23N4OS+. The van der Waals surface area contributed by atoms with E-state index in [0.717, 1.165) is 35.8 Å². The number of nitrogens with one attached hydrogen (secondary N) is 2. The summed E-state index contributed by atoms with van der Waals surface area (Å²) in [7, 11) is 4.01. The highest BCUT2D eigenvalue weighted by Crippen LogP contribution is 2.10. The third kappa shape index (κ3) is 5.40. The Balaban J connectivity index is 1.77. The zero-order chi connectivity index (χ0) is 15.1. The molecule has 1 fully saturated rings. The van der Waals surface area contributed by atoms with Crippen molar-refractivity contribution < 1.29 is 9.69 Å². The number of quaternary nitrogens is 1. The van der Waals surface area contributed by atoms with Crippen molar-refractivity contribution in [2.75, 3.05) is 50.1 Å². The van der Waals surface area contributed by atoms with Gasteiger partial charge in [-0.2, -0.15) is 16.9 Å². The van der Waals surface area contributed by atoms with Crippen molar-refractivity contribution in [1.29, 1.82) is 0 Å². The van der Waals surface area contributed by atoms with E-state index in [9.17, 15) is 4.79 Å². The third-order valence-electron chi connectivity index (χ3n) is 3.42. The number of carbonyl (C=O) groups excluding carboxylic acids is 1. The van der Waals surface area contributed by atoms with Gasteiger partial charge in [0.1, 0.15) is 0 Å². The first-order valence-corrected chi connectivity index (χ1v) is 8.31. The van der Waals surface area contributed by atoms with E-state index in [1.165, 1.54) is 4.90 Å². The van der Waals surface area contributed by atoms with Gasteiger partial charge >= 0.3 is 0 Å². The summed E-state index contributed by atoms with van der Waals surface area (Å²) in [4.78, 5) is 15.2. The van der Waals surface area contributed by atoms with Gasteiger partial charge in [-0.05, 0) is 17.7 Å². The van der Waals surface area contributed by atoms with Crippen LogP contribution in [0.5, 0.6) is 0 Å². The van der Waals surface area contributed by atoms with Gasteiger partial charge < -0.3 is 9.80 Å². The summed E-state index contributed by atoms with van der Waals surface area (Å²) in [6.45, 7) is 2.64. The summed E-state index contributed by atoms with van der Waals surface area (Å²) in [5.74, 6) is 2.27. The van der Waals surface area contributed by atoms with E-state index in [1.807, 2.05) is 55.0 Å². The van der Waals surface area contributed by atoms with Crippen LogP contribution in [0.3, 0.4) is 0 Å². The van der Waals surface area contributed by atoms with Crippen LogP contribution in [0.25, 0.3) is 0 Å². The number of anilines is 1. The van der Waals surface area contributed by atoms with E-state index >= 15 is 0 Å². The van der Waals surface area contributed by atoms with Gasteiger partial charge in [-0.1, -0.05) is 12.1 Å². The number of hydrazone groups is 1. The molecule has 0 saturated carbocycles. The SMILES string of the molecule is CN(C)c1ccc(/C=N\NC(=O)C[NH+]2CCSCC2)cc1. The summed E-state index contributed by atoms with van der Waals surface area (Å²) in [6.07, 6.45) is 1.68. The van der Waals surface area contributed by atoms with Gasteiger partial charge in [0, 0.05) is 31.3 Å². The Labute approximate surface area is 130 Å². The lowest BCUT2D eigenvalue weighted by molar-refractivity contribution is -0.888. The standard InChI is InChI=1S/C15H22N4OS/c1-18(2)14-5-3-13(4-6-14)11-16-17-15(20)12-19-7-9-21-10-8-19/h3-6,11H,7-10,12H2,1-2H3,(H,17,20)/p+1/b16-11-. The predicted octanol–water partition coefficient (Wildman–Crippen LogP) is -0.166. The summed E-state index contributed by atoms with van der Waals surface area (Å²) in [5, 5.41) is 4.02. The zero-order valence-corrected chi connectivity index (χ0v) is 13.4. The smallest absolute Gasteiger partial charge is 0.295 e. The topological polar surface area (TPSA) is 49.1 Å². The fraction of sp³-hybridized carbons (Fsp3) is 0.467. The first kappa shape index (κ1) is 15.9. The summed E-state index contributed by atoms with van der Waals surface area (Å²) in [6, 6.07) is 8.02. The number of rotatable bonds is 5. The molecule has 1 heterocycles. The second-order valence-corrected chi connectivity index (χ2v) is 6.54. The Morgan fingerprint density at radius 2 is 2.00 bits per heavy atom. The van der Waals surface area contributed by atoms with Crippen LogP contribution < -0.4 is 15.2 Å². The molecule has 1 aliphatic rings. The first-order valence-electron chi connectivity index (χ1n) is 7.16. The normalized spacial score (nSPS) is 16.1. The van der Waals surface area contributed by atoms with E-state index < -0.39 is 0 Å². The van der Waals surface area contributed by atoms with Crippen LogP contribution in [0.1, 0.15) is 5.56 Å². The minimum absolute atomic E-state index is 0.0157. The van der Waals surface area contributed by atoms with Crippen molar-refractivity contribution in [3.05, 3.63) is 29.8 Å². The summed E-state index contributed by atoms with van der Waals surface area (Å²) < 4.78 is 0. The Morgan fingerprint density at radius 3 is 2.62 bits per heavy atom. The molecule has 1 aliphatic heterocycles. The second kappa shape index (κ2) is 8.05. The first-order chi connectivity index (χ1) is 10.1. The van der Waals surface area contributed by atoms with Crippen LogP contribution in [-0.4, -0.2) is 57.4 Å². The molecule has 1 amide bonds. The molecule has 0 aliphatic carbocycles. The van der Waals surface area contributed by atoms with E-state index in [-0.39, 0.29) is 5.91 Å². The predicted molar refractivity (Wildman–Crippen MR) is 89.4 cm³/mol. The van der Waals surface area contributed by atoms with Gasteiger partial charge in [-0.15, -0.1) is 0 Å². The molecule has 0 unspecified atom stereocenters. The van der Waals surface area contributed by atoms with Crippen LogP contribution in [-0.2, 0) is 4.79 Å². The molecule has 0 bridgehead atoms. The van der Waals surface area contributed by atoms with E-state index in [1.54, 1.807) is 6.21 Å². The number of carbonyl (C=O) groups is 1. The highest BCUT2D eigenvalue weighted by atomic mass is 32.2. The largest absolute Gasteiger partial charge is 0.378 e. The molecule has 0 atom stereocenters. The van der Waals surface area contributed by atoms with Crippen LogP contribution >= 0.6 is 11.8 Å². The van der Waals surface area contributed by atoms with Crippen molar-refractivity contribution in [1.82, 2.24) is 5.43 Å². The molecule has 2 rings (SSSR count). The molecule has 0 aromatic heterocycles. The second-order valence-electron chi connectivity index (χ2n) is 5.32. The maximum Gasteiger partial charge on any atom is 0.295 e. The van der Waals surface area contributed by atoms with E-state index in [0.29, 0.717) is 6.54 Å². The quantitative estimate of drug-likeness (QED) is 0.587. The average Bonchev–Trinajstić information content (AvgIpc) is 2.49. The van der Waals surface area contributed by atoms with Crippen molar-refractivity contribution in [3.63, 3.8) is 0 Å². The Morgan fingerprint density at radius 1 is 1.33 bits per heavy atom. The van der Waals surface area contributed by atoms with E-state index in [2.05, 4.69) is 10.5 Å². The van der Waals surface area contributed by atoms with Crippen LogP contribution in [0.2, 0.25) is 0 Å². The van der Waals surface area contributed by atoms with Crippen LogP contribution in [0, 0.1) is 0 Å². The number of benzene rings is 1. The van der Waals surface area contributed by atoms with Gasteiger partial charge in [0.2, 0.25) is 0 Å². The minimum Gasteiger partial charge on any atom is -0.378 e. The highest BCUT2D eigenvalue weighted by Gasteiger charge is 2.16. The lowest BCUT2D eigenvalue weighted by Crippen LogP contribution is -3.14. The fourth-order valence-electron chi connectivity index (χ4n) is 2.14. The molecule has 0 spiro atoms. The number of nitrogens with zero attached hydrogens (tertiary/aromatic N) is 2. The molecule has 6 heteroatoms. The molecule has 1 aromatic rings. The molecule has 114 valence electrons. The summed E-state index contributed by atoms with van der Waals surface area (Å²) in [5.41, 5.74) is 4.72. The maximum atomic E-state index is 11.8. The molecule has 5 nitrogen and oxygen atoms in total. The van der Waals surface area contributed by atoms with Crippen molar-refractivity contribution >= 4 is 29.6 Å². The van der Waals surface area contributed by atoms with Gasteiger partial charge in [0.15, 0.2) is 6.54 Å². The Bertz CT molecular complexity index is 481. The van der Waals surface area contributed by atoms with Crippen molar-refractivity contribution in [3.8, 4) is 0 Å². The molecule has 1 saturated heterocycles. The average molecular weight is 307 g/mol. The Hall–Kier alpha value is -1.53. The van der Waals surface area contributed by atoms with Crippen molar-refractivity contribution in [2.45, 2.75) is 0 Å². The van der Waals surface area contributed by atoms with Gasteiger partial charge in [-0.25, -0.2) is 5.43 Å². The number of hydrogen-bond acceptors (Lipinski definition) is 4. The van der Waals surface area contributed by atoms with Gasteiger partial charge in [0.05, 0.1) is 19.3 Å². The van der Waals surface area contributed by atoms with Gasteiger partial charge in [0.25, 0.3) is 5.91 Å². The van der Waals surface area contributed by atoms with Crippen LogP contribution in [0.4, 0.5) is 5.69 Å². The Kier molecular flexibility index (Phi) is 6.07. The molecule has 2 N–H and O–H groups in total. The van der Waals surface area contributed by atoms with E-state index in [4.69, 9.17) is 0 Å². The van der Waals surface area contributed by atoms with Gasteiger partial charge in [-0.3, -0.25) is 4.79 Å². The number of thioether (sulfide) groups is 1. The minimum atomic E-state index is -0.0157. The number of hydrogen-bond donors (Lipinski definition) is 2. The highest BCUT2D eigenvalue weighted by molar-refractivity contribution is 7.99. The number of amides is 1. The zero-order valence-electron chi connectivity index (χ0n) is 12.6. The van der Waals surface area contributed by atoms with Crippen molar-refractivity contribution in [2.24, 2.45) is 5.10 Å². The maximum absolute atomic E-state index is 11.8. The molecular weight excluding hydrogens is 284 g/mol. The fourth-order valence-corrected chi connectivity index (χ4v) is 3.21.